The van der Waals surface area contributed by atoms with E-state index in [4.69, 9.17) is 10.5 Å². The lowest BCUT2D eigenvalue weighted by Gasteiger charge is -2.12. The molecule has 0 spiro atoms. The van der Waals surface area contributed by atoms with Gasteiger partial charge in [0.05, 0.1) is 6.10 Å². The highest BCUT2D eigenvalue weighted by Gasteiger charge is 2.11. The lowest BCUT2D eigenvalue weighted by Crippen LogP contribution is -2.26. The van der Waals surface area contributed by atoms with Crippen LogP contribution in [0, 0.1) is 0 Å². The van der Waals surface area contributed by atoms with Crippen LogP contribution in [0.3, 0.4) is 0 Å². The van der Waals surface area contributed by atoms with Crippen molar-refractivity contribution in [3.63, 3.8) is 0 Å². The van der Waals surface area contributed by atoms with Crippen LogP contribution in [0.25, 0.3) is 11.4 Å². The monoisotopic (exact) mass is 246 g/mol. The van der Waals surface area contributed by atoms with Gasteiger partial charge in [-0.1, -0.05) is 30.3 Å². The number of ether oxygens (including phenoxy) is 1. The molecule has 0 saturated carbocycles. The average Bonchev–Trinajstić information content (AvgIpc) is 2.88. The maximum absolute atomic E-state index is 5.64. The summed E-state index contributed by atoms with van der Waals surface area (Å²) in [7, 11) is 0. The first-order chi connectivity index (χ1) is 8.83. The highest BCUT2D eigenvalue weighted by Crippen LogP contribution is 2.14. The van der Waals surface area contributed by atoms with Gasteiger partial charge in [-0.3, -0.25) is 5.10 Å². The Balaban J connectivity index is 2.06. The molecular weight excluding hydrogens is 228 g/mol. The van der Waals surface area contributed by atoms with E-state index in [9.17, 15) is 0 Å². The molecule has 2 aromatic rings. The van der Waals surface area contributed by atoms with Crippen LogP contribution in [0.15, 0.2) is 30.3 Å². The normalized spacial score (nSPS) is 12.6. The number of H-pyrrole nitrogens is 1. The predicted molar refractivity (Wildman–Crippen MR) is 70.0 cm³/mol. The first-order valence-corrected chi connectivity index (χ1v) is 6.11. The molecule has 1 aromatic heterocycles. The zero-order valence-electron chi connectivity index (χ0n) is 10.5. The largest absolute Gasteiger partial charge is 0.377 e. The molecule has 0 bridgehead atoms. The van der Waals surface area contributed by atoms with E-state index in [1.807, 2.05) is 37.3 Å². The number of benzene rings is 1. The quantitative estimate of drug-likeness (QED) is 0.807. The van der Waals surface area contributed by atoms with Crippen molar-refractivity contribution in [3.05, 3.63) is 36.2 Å². The summed E-state index contributed by atoms with van der Waals surface area (Å²) in [6, 6.07) is 9.87. The molecule has 0 aliphatic carbocycles. The molecule has 96 valence electrons. The Bertz CT molecular complexity index is 469. The van der Waals surface area contributed by atoms with E-state index in [-0.39, 0.29) is 6.10 Å². The third-order valence-electron chi connectivity index (χ3n) is 2.65. The van der Waals surface area contributed by atoms with Crippen LogP contribution in [0.2, 0.25) is 0 Å². The van der Waals surface area contributed by atoms with Crippen LogP contribution < -0.4 is 5.73 Å². The summed E-state index contributed by atoms with van der Waals surface area (Å²) in [5, 5.41) is 7.13. The lowest BCUT2D eigenvalue weighted by atomic mass is 10.2. The van der Waals surface area contributed by atoms with Gasteiger partial charge >= 0.3 is 0 Å². The van der Waals surface area contributed by atoms with Gasteiger partial charge in [0.25, 0.3) is 0 Å². The lowest BCUT2D eigenvalue weighted by molar-refractivity contribution is 0.0681. The number of nitrogens with two attached hydrogens (primary N) is 1. The topological polar surface area (TPSA) is 76.8 Å². The maximum atomic E-state index is 5.64. The van der Waals surface area contributed by atoms with Crippen LogP contribution in [0.5, 0.6) is 0 Å². The Morgan fingerprint density at radius 1 is 1.33 bits per heavy atom. The van der Waals surface area contributed by atoms with Gasteiger partial charge in [0.2, 0.25) is 0 Å². The second kappa shape index (κ2) is 6.28. The van der Waals surface area contributed by atoms with Crippen molar-refractivity contribution in [2.24, 2.45) is 5.73 Å². The molecule has 0 saturated heterocycles. The third kappa shape index (κ3) is 3.15. The summed E-state index contributed by atoms with van der Waals surface area (Å²) in [6.07, 6.45) is 0.649. The summed E-state index contributed by atoms with van der Waals surface area (Å²) in [4.78, 5) is 4.45. The van der Waals surface area contributed by atoms with E-state index in [0.717, 1.165) is 11.4 Å². The smallest absolute Gasteiger partial charge is 0.181 e. The molecular formula is C13H18N4O. The first kappa shape index (κ1) is 12.7. The van der Waals surface area contributed by atoms with Gasteiger partial charge in [0.15, 0.2) is 5.82 Å². The third-order valence-corrected chi connectivity index (χ3v) is 2.65. The minimum absolute atomic E-state index is 0.00780. The van der Waals surface area contributed by atoms with Gasteiger partial charge in [-0.25, -0.2) is 4.98 Å². The zero-order valence-corrected chi connectivity index (χ0v) is 10.5. The van der Waals surface area contributed by atoms with Crippen molar-refractivity contribution >= 4 is 0 Å². The average molecular weight is 246 g/mol. The Labute approximate surface area is 106 Å². The molecule has 0 fully saturated rings. The fourth-order valence-corrected chi connectivity index (χ4v) is 1.76. The van der Waals surface area contributed by atoms with Crippen molar-refractivity contribution in [2.75, 3.05) is 13.2 Å². The summed E-state index contributed by atoms with van der Waals surface area (Å²) in [5.41, 5.74) is 6.64. The van der Waals surface area contributed by atoms with Crippen LogP contribution in [-0.4, -0.2) is 34.4 Å². The highest BCUT2D eigenvalue weighted by atomic mass is 16.5. The van der Waals surface area contributed by atoms with Gasteiger partial charge in [0, 0.05) is 25.1 Å². The summed E-state index contributed by atoms with van der Waals surface area (Å²) in [5.74, 6) is 1.51. The zero-order chi connectivity index (χ0) is 12.8. The second-order valence-electron chi connectivity index (χ2n) is 3.99. The molecule has 5 heteroatoms. The van der Waals surface area contributed by atoms with Crippen molar-refractivity contribution in [1.29, 1.82) is 0 Å². The molecule has 2 rings (SSSR count). The van der Waals surface area contributed by atoms with Crippen LogP contribution in [0.4, 0.5) is 0 Å². The SMILES string of the molecule is CCOC(CN)Cc1nc(-c2ccccc2)n[nH]1. The van der Waals surface area contributed by atoms with Crippen molar-refractivity contribution in [1.82, 2.24) is 15.2 Å². The number of nitrogens with one attached hydrogen (secondary N) is 1. The minimum Gasteiger partial charge on any atom is -0.377 e. The van der Waals surface area contributed by atoms with Crippen molar-refractivity contribution in [3.8, 4) is 11.4 Å². The predicted octanol–water partition coefficient (Wildman–Crippen LogP) is 1.38. The number of hydrogen-bond acceptors (Lipinski definition) is 4. The summed E-state index contributed by atoms with van der Waals surface area (Å²) in [6.45, 7) is 3.09. The molecule has 0 aliphatic heterocycles. The Kier molecular flexibility index (Phi) is 4.44. The number of hydrogen-bond donors (Lipinski definition) is 2. The molecule has 18 heavy (non-hydrogen) atoms. The molecule has 1 atom stereocenters. The Morgan fingerprint density at radius 3 is 2.78 bits per heavy atom. The summed E-state index contributed by atoms with van der Waals surface area (Å²) < 4.78 is 5.50. The fraction of sp³-hybridized carbons (Fsp3) is 0.385. The van der Waals surface area contributed by atoms with E-state index in [2.05, 4.69) is 15.2 Å². The Hall–Kier alpha value is -1.72. The molecule has 0 radical (unpaired) electrons. The standard InChI is InChI=1S/C13H18N4O/c1-2-18-11(9-14)8-12-15-13(17-16-12)10-6-4-3-5-7-10/h3-7,11H,2,8-9,14H2,1H3,(H,15,16,17). The molecule has 3 N–H and O–H groups in total. The van der Waals surface area contributed by atoms with Crippen molar-refractivity contribution in [2.45, 2.75) is 19.4 Å². The van der Waals surface area contributed by atoms with Crippen LogP contribution >= 0.6 is 0 Å². The van der Waals surface area contributed by atoms with Gasteiger partial charge < -0.3 is 10.5 Å². The number of nitrogens with zero attached hydrogens (tertiary/aromatic N) is 2. The molecule has 1 heterocycles. The van der Waals surface area contributed by atoms with Gasteiger partial charge in [-0.2, -0.15) is 5.10 Å². The molecule has 0 amide bonds. The van der Waals surface area contributed by atoms with Crippen LogP contribution in [-0.2, 0) is 11.2 Å². The van der Waals surface area contributed by atoms with Gasteiger partial charge in [-0.05, 0) is 6.92 Å². The number of aromatic nitrogens is 3. The fourth-order valence-electron chi connectivity index (χ4n) is 1.76. The van der Waals surface area contributed by atoms with E-state index in [0.29, 0.717) is 25.4 Å². The molecule has 5 nitrogen and oxygen atoms in total. The highest BCUT2D eigenvalue weighted by molar-refractivity contribution is 5.53. The van der Waals surface area contributed by atoms with Gasteiger partial charge in [-0.15, -0.1) is 0 Å². The second-order valence-corrected chi connectivity index (χ2v) is 3.99. The first-order valence-electron chi connectivity index (χ1n) is 6.11. The number of aromatic amines is 1. The van der Waals surface area contributed by atoms with Gasteiger partial charge in [0.1, 0.15) is 5.82 Å². The maximum Gasteiger partial charge on any atom is 0.181 e. The van der Waals surface area contributed by atoms with E-state index in [1.54, 1.807) is 0 Å². The van der Waals surface area contributed by atoms with Crippen molar-refractivity contribution < 1.29 is 4.74 Å². The summed E-state index contributed by atoms with van der Waals surface area (Å²) >= 11 is 0. The molecule has 1 aromatic carbocycles. The van der Waals surface area contributed by atoms with E-state index < -0.39 is 0 Å². The number of rotatable bonds is 6. The molecule has 1 unspecified atom stereocenters. The minimum atomic E-state index is -0.00780. The van der Waals surface area contributed by atoms with E-state index in [1.165, 1.54) is 0 Å². The van der Waals surface area contributed by atoms with Crippen LogP contribution in [0.1, 0.15) is 12.7 Å². The van der Waals surface area contributed by atoms with E-state index >= 15 is 0 Å². The molecule has 0 aliphatic rings. The Morgan fingerprint density at radius 2 is 2.11 bits per heavy atom.